The fourth-order valence-electron chi connectivity index (χ4n) is 2.89. The van der Waals surface area contributed by atoms with Crippen molar-refractivity contribution < 1.29 is 5.11 Å². The van der Waals surface area contributed by atoms with E-state index in [0.717, 1.165) is 42.6 Å². The first-order chi connectivity index (χ1) is 9.66. The lowest BCUT2D eigenvalue weighted by atomic mass is 9.79. The van der Waals surface area contributed by atoms with Gasteiger partial charge in [-0.1, -0.05) is 6.07 Å². The van der Waals surface area contributed by atoms with E-state index in [1.165, 1.54) is 0 Å². The summed E-state index contributed by atoms with van der Waals surface area (Å²) in [6.07, 6.45) is 9.13. The van der Waals surface area contributed by atoms with Gasteiger partial charge in [-0.15, -0.1) is 0 Å². The van der Waals surface area contributed by atoms with Gasteiger partial charge < -0.3 is 15.4 Å². The second-order valence-corrected chi connectivity index (χ2v) is 5.77. The summed E-state index contributed by atoms with van der Waals surface area (Å²) in [5.74, 6) is 0. The molecule has 0 radical (unpaired) electrons. The van der Waals surface area contributed by atoms with Crippen molar-refractivity contribution in [1.29, 1.82) is 0 Å². The fraction of sp³-hybridized carbons (Fsp3) is 0.438. The van der Waals surface area contributed by atoms with Crippen LogP contribution in [-0.2, 0) is 5.60 Å². The van der Waals surface area contributed by atoms with Crippen LogP contribution in [0.25, 0.3) is 0 Å². The summed E-state index contributed by atoms with van der Waals surface area (Å²) in [6, 6.07) is 6.43. The first kappa shape index (κ1) is 13.2. The number of anilines is 1. The molecule has 0 aliphatic heterocycles. The molecule has 1 fully saturated rings. The zero-order valence-electron chi connectivity index (χ0n) is 11.8. The molecular formula is C16H21N3O. The molecule has 1 aliphatic rings. The second-order valence-electron chi connectivity index (χ2n) is 5.77. The molecule has 0 atom stereocenters. The van der Waals surface area contributed by atoms with E-state index in [0.29, 0.717) is 6.04 Å². The summed E-state index contributed by atoms with van der Waals surface area (Å²) in [6.45, 7) is 2.01. The summed E-state index contributed by atoms with van der Waals surface area (Å²) < 4.78 is 0. The highest BCUT2D eigenvalue weighted by molar-refractivity contribution is 5.41. The minimum atomic E-state index is -0.760. The SMILES string of the molecule is Cc1ccc(C2(O)CCC(Nc3cc[nH]c3)CC2)nc1. The van der Waals surface area contributed by atoms with Gasteiger partial charge in [0.15, 0.2) is 0 Å². The van der Waals surface area contributed by atoms with Crippen LogP contribution in [0.5, 0.6) is 0 Å². The molecule has 4 nitrogen and oxygen atoms in total. The Labute approximate surface area is 119 Å². The highest BCUT2D eigenvalue weighted by Crippen LogP contribution is 2.36. The number of rotatable bonds is 3. The molecule has 0 bridgehead atoms. The third-order valence-corrected chi connectivity index (χ3v) is 4.17. The van der Waals surface area contributed by atoms with Crippen LogP contribution in [0.15, 0.2) is 36.8 Å². The van der Waals surface area contributed by atoms with Crippen LogP contribution in [0.3, 0.4) is 0 Å². The summed E-state index contributed by atoms with van der Waals surface area (Å²) in [5.41, 5.74) is 2.29. The Morgan fingerprint density at radius 1 is 1.30 bits per heavy atom. The lowest BCUT2D eigenvalue weighted by Crippen LogP contribution is -2.36. The van der Waals surface area contributed by atoms with Crippen molar-refractivity contribution in [3.05, 3.63) is 48.0 Å². The molecule has 1 aliphatic carbocycles. The topological polar surface area (TPSA) is 60.9 Å². The minimum Gasteiger partial charge on any atom is -0.384 e. The van der Waals surface area contributed by atoms with Crippen LogP contribution in [0.4, 0.5) is 5.69 Å². The minimum absolute atomic E-state index is 0.427. The van der Waals surface area contributed by atoms with Crippen LogP contribution in [0.2, 0.25) is 0 Å². The van der Waals surface area contributed by atoms with Gasteiger partial charge in [-0.2, -0.15) is 0 Å². The van der Waals surface area contributed by atoms with E-state index in [1.54, 1.807) is 0 Å². The van der Waals surface area contributed by atoms with Crippen molar-refractivity contribution in [2.45, 2.75) is 44.2 Å². The number of H-pyrrole nitrogens is 1. The third kappa shape index (κ3) is 2.70. The maximum Gasteiger partial charge on any atom is 0.107 e. The Hall–Kier alpha value is -1.81. The lowest BCUT2D eigenvalue weighted by molar-refractivity contribution is -0.00726. The molecule has 2 heterocycles. The van der Waals surface area contributed by atoms with E-state index >= 15 is 0 Å². The van der Waals surface area contributed by atoms with E-state index < -0.39 is 5.60 Å². The van der Waals surface area contributed by atoms with Crippen molar-refractivity contribution >= 4 is 5.69 Å². The molecule has 106 valence electrons. The smallest absolute Gasteiger partial charge is 0.107 e. The van der Waals surface area contributed by atoms with Gasteiger partial charge in [-0.05, 0) is 50.3 Å². The first-order valence-electron chi connectivity index (χ1n) is 7.21. The molecule has 0 unspecified atom stereocenters. The van der Waals surface area contributed by atoms with Gasteiger partial charge in [0.25, 0.3) is 0 Å². The quantitative estimate of drug-likeness (QED) is 0.804. The molecule has 0 saturated heterocycles. The number of nitrogens with zero attached hydrogens (tertiary/aromatic N) is 1. The molecular weight excluding hydrogens is 250 g/mol. The van der Waals surface area contributed by atoms with E-state index in [9.17, 15) is 5.11 Å². The molecule has 0 amide bonds. The first-order valence-corrected chi connectivity index (χ1v) is 7.21. The molecule has 3 rings (SSSR count). The Kier molecular flexibility index (Phi) is 3.49. The molecule has 0 aromatic carbocycles. The van der Waals surface area contributed by atoms with Crippen LogP contribution >= 0.6 is 0 Å². The summed E-state index contributed by atoms with van der Waals surface area (Å²) in [7, 11) is 0. The average Bonchev–Trinajstić information content (AvgIpc) is 2.95. The predicted octanol–water partition coefficient (Wildman–Crippen LogP) is 2.96. The molecule has 4 heteroatoms. The summed E-state index contributed by atoms with van der Waals surface area (Å²) >= 11 is 0. The second kappa shape index (κ2) is 5.29. The zero-order chi connectivity index (χ0) is 14.0. The molecule has 1 saturated carbocycles. The Morgan fingerprint density at radius 3 is 2.70 bits per heavy atom. The number of aromatic amines is 1. The van der Waals surface area contributed by atoms with Crippen molar-refractivity contribution in [2.24, 2.45) is 0 Å². The highest BCUT2D eigenvalue weighted by atomic mass is 16.3. The number of pyridine rings is 1. The predicted molar refractivity (Wildman–Crippen MR) is 79.5 cm³/mol. The number of aromatic nitrogens is 2. The van der Waals surface area contributed by atoms with Gasteiger partial charge >= 0.3 is 0 Å². The van der Waals surface area contributed by atoms with E-state index in [1.807, 2.05) is 43.7 Å². The van der Waals surface area contributed by atoms with Gasteiger partial charge in [-0.3, -0.25) is 4.98 Å². The third-order valence-electron chi connectivity index (χ3n) is 4.17. The van der Waals surface area contributed by atoms with Gasteiger partial charge in [0.05, 0.1) is 11.4 Å². The average molecular weight is 271 g/mol. The van der Waals surface area contributed by atoms with Crippen LogP contribution in [0, 0.1) is 6.92 Å². The van der Waals surface area contributed by atoms with Gasteiger partial charge in [0.2, 0.25) is 0 Å². The summed E-state index contributed by atoms with van der Waals surface area (Å²) in [5, 5.41) is 14.3. The standard InChI is InChI=1S/C16H21N3O/c1-12-2-3-15(18-10-12)16(20)7-4-13(5-8-16)19-14-6-9-17-11-14/h2-3,6,9-11,13,17,19-20H,4-5,7-8H2,1H3. The fourth-order valence-corrected chi connectivity index (χ4v) is 2.89. The lowest BCUT2D eigenvalue weighted by Gasteiger charge is -2.36. The zero-order valence-corrected chi connectivity index (χ0v) is 11.8. The van der Waals surface area contributed by atoms with Crippen molar-refractivity contribution in [1.82, 2.24) is 9.97 Å². The number of hydrogen-bond donors (Lipinski definition) is 3. The van der Waals surface area contributed by atoms with Crippen LogP contribution in [0.1, 0.15) is 36.9 Å². The van der Waals surface area contributed by atoms with Crippen molar-refractivity contribution in [3.63, 3.8) is 0 Å². The largest absolute Gasteiger partial charge is 0.384 e. The molecule has 3 N–H and O–H groups in total. The Balaban J connectivity index is 1.63. The van der Waals surface area contributed by atoms with Crippen molar-refractivity contribution in [3.8, 4) is 0 Å². The van der Waals surface area contributed by atoms with Gasteiger partial charge in [0.1, 0.15) is 5.60 Å². The van der Waals surface area contributed by atoms with Crippen LogP contribution in [-0.4, -0.2) is 21.1 Å². The van der Waals surface area contributed by atoms with E-state index in [-0.39, 0.29) is 0 Å². The van der Waals surface area contributed by atoms with Gasteiger partial charge in [0, 0.05) is 24.6 Å². The number of nitrogens with one attached hydrogen (secondary N) is 2. The van der Waals surface area contributed by atoms with E-state index in [4.69, 9.17) is 0 Å². The Bertz CT molecular complexity index is 540. The number of hydrogen-bond acceptors (Lipinski definition) is 3. The monoisotopic (exact) mass is 271 g/mol. The summed E-state index contributed by atoms with van der Waals surface area (Å²) in [4.78, 5) is 7.44. The highest BCUT2D eigenvalue weighted by Gasteiger charge is 2.35. The van der Waals surface area contributed by atoms with E-state index in [2.05, 4.69) is 15.3 Å². The normalized spacial score (nSPS) is 26.4. The molecule has 2 aromatic heterocycles. The number of aryl methyl sites for hydroxylation is 1. The molecule has 20 heavy (non-hydrogen) atoms. The maximum absolute atomic E-state index is 10.8. The van der Waals surface area contributed by atoms with Gasteiger partial charge in [-0.25, -0.2) is 0 Å². The Morgan fingerprint density at radius 2 is 2.10 bits per heavy atom. The molecule has 0 spiro atoms. The maximum atomic E-state index is 10.8. The van der Waals surface area contributed by atoms with Crippen LogP contribution < -0.4 is 5.32 Å². The number of aliphatic hydroxyl groups is 1. The van der Waals surface area contributed by atoms with Crippen molar-refractivity contribution in [2.75, 3.05) is 5.32 Å². The molecule has 2 aromatic rings.